The zero-order chi connectivity index (χ0) is 11.6. The maximum absolute atomic E-state index is 5.20. The van der Waals surface area contributed by atoms with Crippen molar-refractivity contribution in [2.24, 2.45) is 0 Å². The average Bonchev–Trinajstić information content (AvgIpc) is 2.29. The van der Waals surface area contributed by atoms with Gasteiger partial charge in [-0.05, 0) is 19.3 Å². The second-order valence-corrected chi connectivity index (χ2v) is 3.54. The molecule has 0 radical (unpaired) electrons. The fourth-order valence-corrected chi connectivity index (χ4v) is 1.54. The van der Waals surface area contributed by atoms with Gasteiger partial charge in [-0.25, -0.2) is 0 Å². The van der Waals surface area contributed by atoms with Crippen molar-refractivity contribution < 1.29 is 14.2 Å². The van der Waals surface area contributed by atoms with Crippen molar-refractivity contribution in [3.8, 4) is 0 Å². The molecular weight excluding hydrogens is 192 g/mol. The number of allylic oxidation sites excluding steroid dienone is 1. The second-order valence-electron chi connectivity index (χ2n) is 3.54. The van der Waals surface area contributed by atoms with E-state index in [0.29, 0.717) is 0 Å². The highest BCUT2D eigenvalue weighted by Crippen LogP contribution is 2.21. The highest BCUT2D eigenvalue weighted by atomic mass is 16.9. The molecular formula is C12H24O3. The van der Waals surface area contributed by atoms with Gasteiger partial charge in [0.15, 0.2) is 0 Å². The van der Waals surface area contributed by atoms with Crippen LogP contribution in [-0.4, -0.2) is 27.3 Å². The van der Waals surface area contributed by atoms with Crippen LogP contribution in [0.15, 0.2) is 12.7 Å². The first-order valence-electron chi connectivity index (χ1n) is 5.51. The topological polar surface area (TPSA) is 27.7 Å². The minimum absolute atomic E-state index is 0.768. The Kier molecular flexibility index (Phi) is 8.67. The molecule has 0 spiro atoms. The molecule has 3 nitrogen and oxygen atoms in total. The molecule has 0 rings (SSSR count). The number of hydrogen-bond acceptors (Lipinski definition) is 3. The third-order valence-corrected chi connectivity index (χ3v) is 2.57. The quantitative estimate of drug-likeness (QED) is 0.319. The summed E-state index contributed by atoms with van der Waals surface area (Å²) in [7, 11) is 4.81. The van der Waals surface area contributed by atoms with E-state index in [1.54, 1.807) is 21.3 Å². The lowest BCUT2D eigenvalue weighted by Gasteiger charge is -2.28. The Morgan fingerprint density at radius 2 is 1.47 bits per heavy atom. The van der Waals surface area contributed by atoms with E-state index in [9.17, 15) is 0 Å². The minimum Gasteiger partial charge on any atom is -0.331 e. The predicted molar refractivity (Wildman–Crippen MR) is 61.7 cm³/mol. The van der Waals surface area contributed by atoms with Gasteiger partial charge in [-0.15, -0.1) is 6.58 Å². The maximum Gasteiger partial charge on any atom is 0.282 e. The van der Waals surface area contributed by atoms with E-state index in [1.807, 2.05) is 6.08 Å². The van der Waals surface area contributed by atoms with Crippen molar-refractivity contribution in [2.45, 2.75) is 44.5 Å². The molecule has 0 aromatic carbocycles. The third-order valence-electron chi connectivity index (χ3n) is 2.57. The molecule has 0 aromatic heterocycles. The Bertz CT molecular complexity index is 145. The monoisotopic (exact) mass is 216 g/mol. The first-order chi connectivity index (χ1) is 7.24. The lowest BCUT2D eigenvalue weighted by Crippen LogP contribution is -2.35. The van der Waals surface area contributed by atoms with Crippen LogP contribution >= 0.6 is 0 Å². The first kappa shape index (κ1) is 14.6. The van der Waals surface area contributed by atoms with E-state index in [-0.39, 0.29) is 0 Å². The van der Waals surface area contributed by atoms with Crippen LogP contribution in [0.2, 0.25) is 0 Å². The van der Waals surface area contributed by atoms with Gasteiger partial charge in [0, 0.05) is 27.8 Å². The molecule has 0 amide bonds. The fraction of sp³-hybridized carbons (Fsp3) is 0.833. The van der Waals surface area contributed by atoms with Crippen LogP contribution in [0.1, 0.15) is 38.5 Å². The second kappa shape index (κ2) is 8.89. The van der Waals surface area contributed by atoms with Crippen LogP contribution in [0.25, 0.3) is 0 Å². The largest absolute Gasteiger partial charge is 0.331 e. The zero-order valence-electron chi connectivity index (χ0n) is 10.3. The highest BCUT2D eigenvalue weighted by Gasteiger charge is 2.28. The van der Waals surface area contributed by atoms with Crippen LogP contribution in [0.4, 0.5) is 0 Å². The van der Waals surface area contributed by atoms with E-state index in [4.69, 9.17) is 14.2 Å². The maximum atomic E-state index is 5.20. The summed E-state index contributed by atoms with van der Waals surface area (Å²) in [6, 6.07) is 0. The van der Waals surface area contributed by atoms with E-state index in [0.717, 1.165) is 19.3 Å². The summed E-state index contributed by atoms with van der Waals surface area (Å²) in [5.41, 5.74) is 0. The molecule has 3 heteroatoms. The first-order valence-corrected chi connectivity index (χ1v) is 5.51. The van der Waals surface area contributed by atoms with Crippen molar-refractivity contribution in [2.75, 3.05) is 21.3 Å². The van der Waals surface area contributed by atoms with Gasteiger partial charge in [0.1, 0.15) is 0 Å². The number of rotatable bonds is 10. The van der Waals surface area contributed by atoms with Crippen LogP contribution in [-0.2, 0) is 14.2 Å². The normalized spacial score (nSPS) is 11.7. The van der Waals surface area contributed by atoms with E-state index in [2.05, 4.69) is 6.58 Å². The van der Waals surface area contributed by atoms with Crippen LogP contribution in [0.5, 0.6) is 0 Å². The summed E-state index contributed by atoms with van der Waals surface area (Å²) in [4.78, 5) is 0. The molecule has 0 atom stereocenters. The number of hydrogen-bond donors (Lipinski definition) is 0. The molecule has 0 heterocycles. The van der Waals surface area contributed by atoms with Gasteiger partial charge in [-0.3, -0.25) is 0 Å². The molecule has 0 fully saturated rings. The molecule has 0 aliphatic carbocycles. The third kappa shape index (κ3) is 5.92. The number of ether oxygens (including phenoxy) is 3. The van der Waals surface area contributed by atoms with E-state index < -0.39 is 5.97 Å². The number of methoxy groups -OCH3 is 3. The van der Waals surface area contributed by atoms with Crippen LogP contribution < -0.4 is 0 Å². The van der Waals surface area contributed by atoms with Gasteiger partial charge in [-0.2, -0.15) is 0 Å². The lowest BCUT2D eigenvalue weighted by molar-refractivity contribution is -0.355. The van der Waals surface area contributed by atoms with Crippen molar-refractivity contribution in [1.29, 1.82) is 0 Å². The number of unbranched alkanes of at least 4 members (excludes halogenated alkanes) is 4. The van der Waals surface area contributed by atoms with Crippen molar-refractivity contribution >= 4 is 0 Å². The summed E-state index contributed by atoms with van der Waals surface area (Å²) in [5.74, 6) is -0.849. The van der Waals surface area contributed by atoms with E-state index in [1.165, 1.54) is 19.3 Å². The van der Waals surface area contributed by atoms with Crippen LogP contribution in [0, 0.1) is 0 Å². The Hall–Kier alpha value is -0.380. The van der Waals surface area contributed by atoms with Gasteiger partial charge in [0.25, 0.3) is 5.97 Å². The summed E-state index contributed by atoms with van der Waals surface area (Å²) < 4.78 is 15.6. The van der Waals surface area contributed by atoms with Crippen molar-refractivity contribution in [3.63, 3.8) is 0 Å². The van der Waals surface area contributed by atoms with Gasteiger partial charge in [-0.1, -0.05) is 18.9 Å². The highest BCUT2D eigenvalue weighted by molar-refractivity contribution is 4.65. The molecule has 0 saturated heterocycles. The average molecular weight is 216 g/mol. The van der Waals surface area contributed by atoms with E-state index >= 15 is 0 Å². The van der Waals surface area contributed by atoms with Gasteiger partial charge >= 0.3 is 0 Å². The molecule has 0 aromatic rings. The Morgan fingerprint density at radius 1 is 0.933 bits per heavy atom. The Balaban J connectivity index is 3.58. The minimum atomic E-state index is -0.849. The predicted octanol–water partition coefficient (Wildman–Crippen LogP) is 3.11. The summed E-state index contributed by atoms with van der Waals surface area (Å²) in [5, 5.41) is 0. The summed E-state index contributed by atoms with van der Waals surface area (Å²) in [6.45, 7) is 3.70. The molecule has 0 aliphatic heterocycles. The lowest BCUT2D eigenvalue weighted by atomic mass is 10.1. The smallest absolute Gasteiger partial charge is 0.282 e. The standard InChI is InChI=1S/C12H24O3/c1-5-6-7-8-9-10-11-12(13-2,14-3)15-4/h5H,1,6-11H2,2-4H3. The molecule has 0 unspecified atom stereocenters. The molecule has 0 bridgehead atoms. The summed E-state index contributed by atoms with van der Waals surface area (Å²) >= 11 is 0. The van der Waals surface area contributed by atoms with Gasteiger partial charge in [0.05, 0.1) is 0 Å². The van der Waals surface area contributed by atoms with Crippen molar-refractivity contribution in [1.82, 2.24) is 0 Å². The summed E-state index contributed by atoms with van der Waals surface area (Å²) in [6.07, 6.45) is 8.49. The Morgan fingerprint density at radius 3 is 1.93 bits per heavy atom. The molecule has 90 valence electrons. The Labute approximate surface area is 93.4 Å². The fourth-order valence-electron chi connectivity index (χ4n) is 1.54. The molecule has 0 N–H and O–H groups in total. The van der Waals surface area contributed by atoms with Gasteiger partial charge in [0.2, 0.25) is 0 Å². The van der Waals surface area contributed by atoms with Crippen LogP contribution in [0.3, 0.4) is 0 Å². The van der Waals surface area contributed by atoms with Crippen molar-refractivity contribution in [3.05, 3.63) is 12.7 Å². The SMILES string of the molecule is C=CCCCCCCC(OC)(OC)OC. The molecule has 0 saturated carbocycles. The zero-order valence-corrected chi connectivity index (χ0v) is 10.3. The molecule has 0 aliphatic rings. The van der Waals surface area contributed by atoms with Gasteiger partial charge < -0.3 is 14.2 Å². The molecule has 15 heavy (non-hydrogen) atoms.